The van der Waals surface area contributed by atoms with E-state index in [4.69, 9.17) is 37.9 Å². The molecule has 16 heavy (non-hydrogen) atoms. The Kier molecular flexibility index (Phi) is 21.6. The van der Waals surface area contributed by atoms with Crippen molar-refractivity contribution in [2.75, 3.05) is 26.4 Å². The van der Waals surface area contributed by atoms with E-state index in [0.29, 0.717) is 0 Å². The molecule has 0 aliphatic rings. The van der Waals surface area contributed by atoms with Crippen LogP contribution in [0, 0.1) is 5.41 Å². The summed E-state index contributed by atoms with van der Waals surface area (Å²) >= 11 is 0. The number of rotatable bonds is 4. The monoisotopic (exact) mass is 278 g/mol. The van der Waals surface area contributed by atoms with Gasteiger partial charge in [-0.3, -0.25) is 8.42 Å². The molecule has 0 spiro atoms. The predicted octanol–water partition coefficient (Wildman–Crippen LogP) is -9.39. The van der Waals surface area contributed by atoms with E-state index in [2.05, 4.69) is 0 Å². The molecule has 0 aliphatic carbocycles. The first-order valence-corrected chi connectivity index (χ1v) is 4.68. The van der Waals surface area contributed by atoms with E-state index in [9.17, 15) is 0 Å². The maximum Gasteiger partial charge on any atom is 1.00 e. The van der Waals surface area contributed by atoms with Crippen molar-refractivity contribution in [1.82, 2.24) is 0 Å². The number of aliphatic hydroxyl groups excluding tert-OH is 4. The molecule has 0 bridgehead atoms. The van der Waals surface area contributed by atoms with Gasteiger partial charge in [-0.25, -0.2) is 0 Å². The molecule has 0 saturated carbocycles. The molecule has 0 aliphatic heterocycles. The van der Waals surface area contributed by atoms with Gasteiger partial charge < -0.3 is 29.5 Å². The maximum absolute atomic E-state index is 8.52. The van der Waals surface area contributed by atoms with Crippen LogP contribution >= 0.6 is 0 Å². The molecule has 0 amide bonds. The normalized spacial score (nSPS) is 10.4. The molecule has 0 fully saturated rings. The minimum atomic E-state index is -5.17. The maximum atomic E-state index is 8.52. The molecular formula is C5H12Na2O8S. The second kappa shape index (κ2) is 13.1. The standard InChI is InChI=1S/C5H12O4.2Na.H2O4S/c6-1-5(2-7,3-8)4-9;;;1-5(2,3)4/h6-9H,1-4H2;;;(H2,1,2,3,4)/q;2*+1;/p-2. The zero-order chi connectivity index (χ0) is 11.8. The molecule has 0 aromatic carbocycles. The van der Waals surface area contributed by atoms with Crippen molar-refractivity contribution in [3.8, 4) is 0 Å². The second-order valence-electron chi connectivity index (χ2n) is 2.54. The number of hydrogen-bond donors (Lipinski definition) is 4. The minimum Gasteiger partial charge on any atom is -0.759 e. The van der Waals surface area contributed by atoms with Crippen LogP contribution in [-0.2, 0) is 10.4 Å². The summed E-state index contributed by atoms with van der Waals surface area (Å²) in [6.07, 6.45) is 0. The van der Waals surface area contributed by atoms with Gasteiger partial charge in [-0.15, -0.1) is 0 Å². The van der Waals surface area contributed by atoms with E-state index in [1.54, 1.807) is 0 Å². The summed E-state index contributed by atoms with van der Waals surface area (Å²) in [7, 11) is -5.17. The van der Waals surface area contributed by atoms with Gasteiger partial charge in [-0.05, 0) is 0 Å². The minimum absolute atomic E-state index is 0. The van der Waals surface area contributed by atoms with Gasteiger partial charge in [-0.2, -0.15) is 0 Å². The van der Waals surface area contributed by atoms with E-state index in [-0.39, 0.29) is 59.1 Å². The number of hydrogen-bond acceptors (Lipinski definition) is 8. The zero-order valence-electron chi connectivity index (χ0n) is 9.16. The smallest absolute Gasteiger partial charge is 0.759 e. The van der Waals surface area contributed by atoms with Gasteiger partial charge in [0, 0.05) is 10.4 Å². The molecule has 0 rings (SSSR count). The molecule has 4 N–H and O–H groups in total. The van der Waals surface area contributed by atoms with Crippen LogP contribution in [0.2, 0.25) is 0 Å². The van der Waals surface area contributed by atoms with Crippen LogP contribution in [-0.4, -0.2) is 64.4 Å². The fourth-order valence-corrected chi connectivity index (χ4v) is 0.300. The van der Waals surface area contributed by atoms with Crippen molar-refractivity contribution in [3.63, 3.8) is 0 Å². The summed E-state index contributed by atoms with van der Waals surface area (Å²) in [6, 6.07) is 0. The quantitative estimate of drug-likeness (QED) is 0.224. The van der Waals surface area contributed by atoms with Crippen molar-refractivity contribution < 1.29 is 97.1 Å². The topological polar surface area (TPSA) is 161 Å². The molecule has 8 nitrogen and oxygen atoms in total. The van der Waals surface area contributed by atoms with Gasteiger partial charge in [0.15, 0.2) is 0 Å². The van der Waals surface area contributed by atoms with Crippen molar-refractivity contribution >= 4 is 10.4 Å². The largest absolute Gasteiger partial charge is 1.00 e. The Morgan fingerprint density at radius 2 is 0.938 bits per heavy atom. The predicted molar refractivity (Wildman–Crippen MR) is 41.3 cm³/mol. The van der Waals surface area contributed by atoms with Gasteiger partial charge in [0.1, 0.15) is 0 Å². The first-order chi connectivity index (χ1) is 6.24. The molecule has 0 aromatic rings. The van der Waals surface area contributed by atoms with Crippen LogP contribution in [0.4, 0.5) is 0 Å². The second-order valence-corrected chi connectivity index (χ2v) is 3.36. The molecule has 0 atom stereocenters. The van der Waals surface area contributed by atoms with Crippen molar-refractivity contribution in [2.45, 2.75) is 0 Å². The van der Waals surface area contributed by atoms with E-state index in [1.165, 1.54) is 0 Å². The van der Waals surface area contributed by atoms with E-state index < -0.39 is 42.2 Å². The van der Waals surface area contributed by atoms with Gasteiger partial charge in [0.05, 0.1) is 31.8 Å². The molecule has 0 unspecified atom stereocenters. The summed E-state index contributed by atoms with van der Waals surface area (Å²) in [4.78, 5) is 0. The van der Waals surface area contributed by atoms with Gasteiger partial charge >= 0.3 is 59.1 Å². The van der Waals surface area contributed by atoms with Crippen LogP contribution in [0.1, 0.15) is 0 Å². The molecule has 11 heteroatoms. The van der Waals surface area contributed by atoms with Crippen LogP contribution in [0.3, 0.4) is 0 Å². The third-order valence-corrected chi connectivity index (χ3v) is 1.34. The number of aliphatic hydroxyl groups is 4. The fraction of sp³-hybridized carbons (Fsp3) is 1.00. The Labute approximate surface area is 138 Å². The summed E-state index contributed by atoms with van der Waals surface area (Å²) in [5, 5.41) is 34.0. The summed E-state index contributed by atoms with van der Waals surface area (Å²) in [6.45, 7) is -1.62. The van der Waals surface area contributed by atoms with Crippen molar-refractivity contribution in [1.29, 1.82) is 0 Å². The Morgan fingerprint density at radius 3 is 0.938 bits per heavy atom. The van der Waals surface area contributed by atoms with Gasteiger partial charge in [-0.1, -0.05) is 0 Å². The fourth-order valence-electron chi connectivity index (χ4n) is 0.300. The molecule has 0 saturated heterocycles. The molecule has 0 heterocycles. The van der Waals surface area contributed by atoms with Gasteiger partial charge in [0.2, 0.25) is 0 Å². The summed E-state index contributed by atoms with van der Waals surface area (Å²) in [5.74, 6) is 0. The Hall–Kier alpha value is 1.71. The molecule has 0 aromatic heterocycles. The Morgan fingerprint density at radius 1 is 0.812 bits per heavy atom. The van der Waals surface area contributed by atoms with E-state index in [0.717, 1.165) is 0 Å². The molecule has 0 radical (unpaired) electrons. The van der Waals surface area contributed by atoms with Crippen molar-refractivity contribution in [2.24, 2.45) is 5.41 Å². The zero-order valence-corrected chi connectivity index (χ0v) is 14.0. The van der Waals surface area contributed by atoms with Crippen molar-refractivity contribution in [3.05, 3.63) is 0 Å². The molecular weight excluding hydrogens is 266 g/mol. The Balaban J connectivity index is -0.0000000904. The summed E-state index contributed by atoms with van der Waals surface area (Å²) < 4.78 is 34.1. The molecule has 88 valence electrons. The first kappa shape index (κ1) is 26.3. The first-order valence-electron chi connectivity index (χ1n) is 3.35. The average molecular weight is 278 g/mol. The van der Waals surface area contributed by atoms with Gasteiger partial charge in [0.25, 0.3) is 0 Å². The van der Waals surface area contributed by atoms with Crippen LogP contribution < -0.4 is 59.1 Å². The average Bonchev–Trinajstić information content (AvgIpc) is 2.07. The van der Waals surface area contributed by atoms with Crippen LogP contribution in [0.5, 0.6) is 0 Å². The third-order valence-electron chi connectivity index (χ3n) is 1.34. The Bertz CT molecular complexity index is 201. The van der Waals surface area contributed by atoms with E-state index >= 15 is 0 Å². The third kappa shape index (κ3) is 18.1. The van der Waals surface area contributed by atoms with E-state index in [1.807, 2.05) is 0 Å². The van der Waals surface area contributed by atoms with Crippen LogP contribution in [0.15, 0.2) is 0 Å². The van der Waals surface area contributed by atoms with Crippen LogP contribution in [0.25, 0.3) is 0 Å². The SMILES string of the molecule is O=S(=O)([O-])[O-].OCC(CO)(CO)CO.[Na+].[Na+]. The summed E-state index contributed by atoms with van der Waals surface area (Å²) in [5.41, 5.74) is -1.11.